The van der Waals surface area contributed by atoms with E-state index in [1.807, 2.05) is 0 Å². The lowest BCUT2D eigenvalue weighted by atomic mass is 10.3. The van der Waals surface area contributed by atoms with E-state index in [0.717, 1.165) is 20.3 Å². The lowest BCUT2D eigenvalue weighted by Crippen LogP contribution is -2.36. The van der Waals surface area contributed by atoms with Gasteiger partial charge in [-0.05, 0) is 37.8 Å². The quantitative estimate of drug-likeness (QED) is 0.487. The molecular formula is C9H23O2PSi. The van der Waals surface area contributed by atoms with E-state index in [-0.39, 0.29) is 0 Å². The van der Waals surface area contributed by atoms with Gasteiger partial charge in [0.25, 0.3) is 0 Å². The smallest absolute Gasteiger partial charge is 0.334 e. The van der Waals surface area contributed by atoms with Crippen molar-refractivity contribution in [3.63, 3.8) is 0 Å². The van der Waals surface area contributed by atoms with Crippen molar-refractivity contribution in [2.24, 2.45) is 0 Å². The third-order valence-electron chi connectivity index (χ3n) is 2.71. The Hall–Kier alpha value is 0.567. The fraction of sp³-hybridized carbons (Fsp3) is 1.00. The van der Waals surface area contributed by atoms with Crippen molar-refractivity contribution in [2.45, 2.75) is 38.0 Å². The van der Waals surface area contributed by atoms with Crippen LogP contribution in [-0.2, 0) is 8.85 Å². The van der Waals surface area contributed by atoms with Crippen LogP contribution in [0.3, 0.4) is 0 Å². The Balaban J connectivity index is 3.83. The van der Waals surface area contributed by atoms with Gasteiger partial charge in [-0.15, -0.1) is 8.58 Å². The summed E-state index contributed by atoms with van der Waals surface area (Å²) in [5.41, 5.74) is 0.872. The topological polar surface area (TPSA) is 18.5 Å². The van der Waals surface area contributed by atoms with E-state index >= 15 is 0 Å². The average Bonchev–Trinajstić information content (AvgIpc) is 2.19. The zero-order valence-corrected chi connectivity index (χ0v) is 11.5. The fourth-order valence-corrected chi connectivity index (χ4v) is 3.85. The van der Waals surface area contributed by atoms with Gasteiger partial charge in [-0.1, -0.05) is 6.92 Å². The first kappa shape index (κ1) is 13.6. The molecule has 0 aliphatic carbocycles. The predicted molar refractivity (Wildman–Crippen MR) is 63.4 cm³/mol. The maximum absolute atomic E-state index is 5.45. The summed E-state index contributed by atoms with van der Waals surface area (Å²) < 4.78 is 10.9. The number of hydrogen-bond acceptors (Lipinski definition) is 2. The van der Waals surface area contributed by atoms with Crippen LogP contribution < -0.4 is 0 Å². The Bertz CT molecular complexity index is 125. The molecular weight excluding hydrogens is 199 g/mol. The van der Waals surface area contributed by atoms with Crippen LogP contribution in [0.25, 0.3) is 0 Å². The van der Waals surface area contributed by atoms with Gasteiger partial charge in [-0.3, -0.25) is 0 Å². The van der Waals surface area contributed by atoms with Gasteiger partial charge in [-0.25, -0.2) is 0 Å². The highest BCUT2D eigenvalue weighted by molar-refractivity contribution is 7.37. The van der Waals surface area contributed by atoms with Gasteiger partial charge in [-0.2, -0.15) is 0 Å². The molecule has 0 heterocycles. The first-order valence-corrected chi connectivity index (χ1v) is 8.99. The van der Waals surface area contributed by atoms with Crippen LogP contribution in [-0.4, -0.2) is 35.1 Å². The fourth-order valence-electron chi connectivity index (χ4n) is 1.28. The maximum Gasteiger partial charge on any atom is 0.334 e. The second-order valence-electron chi connectivity index (χ2n) is 3.47. The van der Waals surface area contributed by atoms with Crippen LogP contribution in [0.5, 0.6) is 0 Å². The molecule has 0 saturated heterocycles. The maximum atomic E-state index is 5.45. The standard InChI is InChI=1S/C9H23O2PSi/c1-6-9(12-4)7-8-13(5,10-2)11-3/h9,12H,6-8H2,1-5H3. The summed E-state index contributed by atoms with van der Waals surface area (Å²) in [6, 6.07) is 1.12. The van der Waals surface area contributed by atoms with E-state index in [4.69, 9.17) is 8.85 Å². The molecule has 0 amide bonds. The molecule has 13 heavy (non-hydrogen) atoms. The summed E-state index contributed by atoms with van der Waals surface area (Å²) >= 11 is 0. The molecule has 0 rings (SSSR count). The minimum Gasteiger partial charge on any atom is -0.398 e. The van der Waals surface area contributed by atoms with E-state index in [9.17, 15) is 0 Å². The van der Waals surface area contributed by atoms with Gasteiger partial charge in [0.1, 0.15) is 0 Å². The van der Waals surface area contributed by atoms with Crippen LogP contribution in [0.1, 0.15) is 19.8 Å². The molecule has 0 aliphatic heterocycles. The molecule has 2 unspecified atom stereocenters. The van der Waals surface area contributed by atoms with E-state index in [1.54, 1.807) is 14.2 Å². The molecule has 0 spiro atoms. The molecule has 0 radical (unpaired) electrons. The highest BCUT2D eigenvalue weighted by Crippen LogP contribution is 2.26. The predicted octanol–water partition coefficient (Wildman–Crippen LogP) is 2.83. The molecule has 4 heteroatoms. The van der Waals surface area contributed by atoms with Crippen LogP contribution in [0, 0.1) is 0 Å². The van der Waals surface area contributed by atoms with Crippen molar-refractivity contribution in [3.05, 3.63) is 0 Å². The van der Waals surface area contributed by atoms with E-state index in [1.165, 1.54) is 12.8 Å². The molecule has 0 aromatic rings. The zero-order valence-electron chi connectivity index (χ0n) is 9.52. The van der Waals surface area contributed by atoms with Gasteiger partial charge < -0.3 is 8.85 Å². The summed E-state index contributed by atoms with van der Waals surface area (Å²) in [5.74, 6) is 0. The highest BCUT2D eigenvalue weighted by Gasteiger charge is 2.28. The Kier molecular flexibility index (Phi) is 7.24. The molecule has 0 aliphatic rings. The molecule has 80 valence electrons. The van der Waals surface area contributed by atoms with Crippen molar-refractivity contribution in [2.75, 3.05) is 20.9 Å². The summed E-state index contributed by atoms with van der Waals surface area (Å²) in [4.78, 5) is 0. The molecule has 0 bridgehead atoms. The largest absolute Gasteiger partial charge is 0.398 e. The first-order valence-electron chi connectivity index (χ1n) is 4.89. The Morgan fingerprint density at radius 1 is 1.31 bits per heavy atom. The van der Waals surface area contributed by atoms with Gasteiger partial charge in [0.2, 0.25) is 0 Å². The summed E-state index contributed by atoms with van der Waals surface area (Å²) in [7, 11) is 2.80. The molecule has 0 aromatic carbocycles. The third-order valence-corrected chi connectivity index (χ3v) is 7.15. The van der Waals surface area contributed by atoms with Crippen molar-refractivity contribution < 1.29 is 8.85 Å². The summed E-state index contributed by atoms with van der Waals surface area (Å²) in [5, 5.41) is 0. The van der Waals surface area contributed by atoms with Crippen LogP contribution in [0.15, 0.2) is 0 Å². The minimum absolute atomic E-state index is 0.872. The second-order valence-corrected chi connectivity index (χ2v) is 8.45. The van der Waals surface area contributed by atoms with Crippen molar-refractivity contribution >= 4 is 17.1 Å². The van der Waals surface area contributed by atoms with Crippen molar-refractivity contribution in [3.8, 4) is 0 Å². The Labute approximate surface area is 85.4 Å². The SMILES string of the molecule is CCC(CC[Si](C)(OC)OC)PC. The van der Waals surface area contributed by atoms with Gasteiger partial charge in [0, 0.05) is 14.2 Å². The van der Waals surface area contributed by atoms with E-state index < -0.39 is 8.56 Å². The van der Waals surface area contributed by atoms with Gasteiger partial charge in [0.05, 0.1) is 0 Å². The highest BCUT2D eigenvalue weighted by atomic mass is 31.1. The second kappa shape index (κ2) is 6.94. The van der Waals surface area contributed by atoms with E-state index in [0.29, 0.717) is 0 Å². The van der Waals surface area contributed by atoms with Gasteiger partial charge in [0.15, 0.2) is 0 Å². The minimum atomic E-state index is -1.79. The monoisotopic (exact) mass is 222 g/mol. The third kappa shape index (κ3) is 5.11. The zero-order chi connectivity index (χ0) is 10.3. The van der Waals surface area contributed by atoms with Crippen molar-refractivity contribution in [1.29, 1.82) is 0 Å². The molecule has 0 saturated carbocycles. The van der Waals surface area contributed by atoms with Crippen LogP contribution in [0.2, 0.25) is 12.6 Å². The molecule has 0 fully saturated rings. The van der Waals surface area contributed by atoms with Crippen LogP contribution in [0.4, 0.5) is 0 Å². The van der Waals surface area contributed by atoms with Gasteiger partial charge >= 0.3 is 8.56 Å². The number of rotatable bonds is 7. The molecule has 2 atom stereocenters. The first-order chi connectivity index (χ1) is 6.11. The summed E-state index contributed by atoms with van der Waals surface area (Å²) in [6.45, 7) is 6.69. The average molecular weight is 222 g/mol. The van der Waals surface area contributed by atoms with Crippen LogP contribution >= 0.6 is 8.58 Å². The Morgan fingerprint density at radius 3 is 2.15 bits per heavy atom. The van der Waals surface area contributed by atoms with E-state index in [2.05, 4.69) is 20.1 Å². The molecule has 0 aromatic heterocycles. The lowest BCUT2D eigenvalue weighted by Gasteiger charge is -2.24. The van der Waals surface area contributed by atoms with Crippen molar-refractivity contribution in [1.82, 2.24) is 0 Å². The Morgan fingerprint density at radius 2 is 1.85 bits per heavy atom. The lowest BCUT2D eigenvalue weighted by molar-refractivity contribution is 0.248. The molecule has 2 nitrogen and oxygen atoms in total. The normalized spacial score (nSPS) is 15.5. The number of hydrogen-bond donors (Lipinski definition) is 0. The summed E-state index contributed by atoms with van der Waals surface area (Å²) in [6.07, 6.45) is 2.54. The molecule has 0 N–H and O–H groups in total.